The first-order valence-corrected chi connectivity index (χ1v) is 2.97. The molecule has 0 saturated carbocycles. The third-order valence-corrected chi connectivity index (χ3v) is 1.81. The van der Waals surface area contributed by atoms with Crippen LogP contribution in [0, 0.1) is 0 Å². The molecule has 0 spiro atoms. The molecule has 0 rings (SSSR count). The van der Waals surface area contributed by atoms with E-state index in [0.29, 0.717) is 0 Å². The van der Waals surface area contributed by atoms with Crippen LogP contribution in [-0.2, 0) is 3.79 Å². The molecule has 1 nitrogen and oxygen atoms in total. The van der Waals surface area contributed by atoms with Crippen molar-refractivity contribution in [2.45, 2.75) is 32.8 Å². The molecular formula is C5H11AlO-. The van der Waals surface area contributed by atoms with Crippen LogP contribution in [0.5, 0.6) is 0 Å². The molecule has 41 valence electrons. The zero-order valence-electron chi connectivity index (χ0n) is 5.19. The van der Waals surface area contributed by atoms with Crippen LogP contribution in [0.15, 0.2) is 0 Å². The lowest BCUT2D eigenvalue weighted by atomic mass is 10.1. The minimum absolute atomic E-state index is 0.0463. The maximum absolute atomic E-state index is 5.00. The summed E-state index contributed by atoms with van der Waals surface area (Å²) in [7, 11) is 0. The van der Waals surface area contributed by atoms with Gasteiger partial charge in [0.05, 0.1) is 0 Å². The van der Waals surface area contributed by atoms with Gasteiger partial charge in [-0.05, 0) is 25.9 Å². The number of hydrogen-bond acceptors (Lipinski definition) is 1. The average molecular weight is 114 g/mol. The highest BCUT2D eigenvalue weighted by molar-refractivity contribution is 5.98. The van der Waals surface area contributed by atoms with E-state index < -0.39 is 0 Å². The Morgan fingerprint density at radius 3 is 2.00 bits per heavy atom. The Kier molecular flexibility index (Phi) is 2.91. The van der Waals surface area contributed by atoms with E-state index in [1.165, 1.54) is 0 Å². The van der Waals surface area contributed by atoms with E-state index in [4.69, 9.17) is 3.79 Å². The zero-order chi connectivity index (χ0) is 5.91. The summed E-state index contributed by atoms with van der Waals surface area (Å²) in [6.45, 7) is 6.21. The highest BCUT2D eigenvalue weighted by atomic mass is 27.1. The summed E-state index contributed by atoms with van der Waals surface area (Å²) in [6, 6.07) is 0. The molecule has 0 N–H and O–H groups in total. The molecule has 7 heavy (non-hydrogen) atoms. The van der Waals surface area contributed by atoms with Crippen LogP contribution in [0.3, 0.4) is 0 Å². The lowest BCUT2D eigenvalue weighted by Gasteiger charge is -2.34. The molecule has 0 aliphatic heterocycles. The number of hydrogen-bond donors (Lipinski definition) is 0. The first-order valence-electron chi connectivity index (χ1n) is 2.50. The third-order valence-electron chi connectivity index (χ3n) is 1.17. The Bertz CT molecular complexity index is 46.0. The summed E-state index contributed by atoms with van der Waals surface area (Å²) in [5.74, 6) is 0. The van der Waals surface area contributed by atoms with Crippen LogP contribution in [0.2, 0.25) is 0 Å². The molecule has 0 heterocycles. The van der Waals surface area contributed by atoms with Crippen molar-refractivity contribution in [1.29, 1.82) is 0 Å². The molecule has 0 aliphatic rings. The summed E-state index contributed by atoms with van der Waals surface area (Å²) in [4.78, 5) is 0. The van der Waals surface area contributed by atoms with Crippen LogP contribution in [0.4, 0.5) is 0 Å². The van der Waals surface area contributed by atoms with Crippen LogP contribution in [0.1, 0.15) is 27.2 Å². The molecular weight excluding hydrogens is 103 g/mol. The van der Waals surface area contributed by atoms with Gasteiger partial charge in [0, 0.05) is 0 Å². The second-order valence-corrected chi connectivity index (χ2v) is 2.47. The monoisotopic (exact) mass is 114 g/mol. The van der Waals surface area contributed by atoms with Gasteiger partial charge >= 0.3 is 0 Å². The third kappa shape index (κ3) is 3.11. The van der Waals surface area contributed by atoms with Crippen molar-refractivity contribution >= 4 is 16.6 Å². The van der Waals surface area contributed by atoms with Gasteiger partial charge in [0.1, 0.15) is 0 Å². The van der Waals surface area contributed by atoms with Gasteiger partial charge in [0.25, 0.3) is 0 Å². The molecule has 2 heteroatoms. The van der Waals surface area contributed by atoms with E-state index in [0.717, 1.165) is 6.42 Å². The minimum atomic E-state index is 0.0463. The molecule has 0 aliphatic carbocycles. The average Bonchev–Trinajstić information content (AvgIpc) is 1.68. The number of rotatable bonds is 2. The topological polar surface area (TPSA) is 9.23 Å². The summed E-state index contributed by atoms with van der Waals surface area (Å²) in [6.07, 6.45) is 1.05. The largest absolute Gasteiger partial charge is 0.756 e. The fourth-order valence-electron chi connectivity index (χ4n) is 0.0833. The zero-order valence-corrected chi connectivity index (χ0v) is 6.35. The van der Waals surface area contributed by atoms with Crippen molar-refractivity contribution in [1.82, 2.24) is 0 Å². The SMILES string of the molecule is CCC(C)(C)[O][Al-]. The molecule has 0 atom stereocenters. The van der Waals surface area contributed by atoms with Crippen LogP contribution >= 0.6 is 0 Å². The maximum Gasteiger partial charge on any atom is -0.00273 e. The smallest absolute Gasteiger partial charge is 0.00273 e. The molecule has 0 saturated heterocycles. The van der Waals surface area contributed by atoms with E-state index in [9.17, 15) is 0 Å². The predicted octanol–water partition coefficient (Wildman–Crippen LogP) is 1.28. The second-order valence-electron chi connectivity index (χ2n) is 2.23. The normalized spacial score (nSPS) is 12.0. The fraction of sp³-hybridized carbons (Fsp3) is 1.00. The molecule has 0 bridgehead atoms. The Morgan fingerprint density at radius 1 is 1.57 bits per heavy atom. The van der Waals surface area contributed by atoms with Crippen molar-refractivity contribution in [3.63, 3.8) is 0 Å². The van der Waals surface area contributed by atoms with E-state index in [1.807, 2.05) is 0 Å². The van der Waals surface area contributed by atoms with E-state index >= 15 is 0 Å². The van der Waals surface area contributed by atoms with Gasteiger partial charge in [-0.25, -0.2) is 0 Å². The molecule has 0 unspecified atom stereocenters. The van der Waals surface area contributed by atoms with Gasteiger partial charge in [-0.2, -0.15) is 0 Å². The summed E-state index contributed by atoms with van der Waals surface area (Å²) >= 11 is 2.27. The Labute approximate surface area is 53.8 Å². The minimum Gasteiger partial charge on any atom is -0.756 e. The predicted molar refractivity (Wildman–Crippen MR) is 31.2 cm³/mol. The molecule has 3 radical (unpaired) electrons. The first-order chi connectivity index (χ1) is 3.12. The van der Waals surface area contributed by atoms with Crippen LogP contribution in [-0.4, -0.2) is 22.2 Å². The lowest BCUT2D eigenvalue weighted by Crippen LogP contribution is -2.20. The Morgan fingerprint density at radius 2 is 2.00 bits per heavy atom. The molecule has 0 amide bonds. The first kappa shape index (κ1) is 7.49. The maximum atomic E-state index is 5.00. The van der Waals surface area contributed by atoms with Gasteiger partial charge < -0.3 is 20.4 Å². The van der Waals surface area contributed by atoms with Gasteiger partial charge in [0.15, 0.2) is 0 Å². The molecule has 0 fully saturated rings. The van der Waals surface area contributed by atoms with Crippen molar-refractivity contribution in [2.75, 3.05) is 0 Å². The van der Waals surface area contributed by atoms with Gasteiger partial charge in [0.2, 0.25) is 0 Å². The lowest BCUT2D eigenvalue weighted by molar-refractivity contribution is 0.119. The quantitative estimate of drug-likeness (QED) is 0.491. The highest BCUT2D eigenvalue weighted by Gasteiger charge is 2.03. The standard InChI is InChI=1S/C5H11O.Al/c1-4-5(2,3)6;/h4H2,1-3H3;/q-1;. The van der Waals surface area contributed by atoms with Gasteiger partial charge in [-0.1, -0.05) is 6.92 Å². The van der Waals surface area contributed by atoms with Crippen LogP contribution < -0.4 is 0 Å². The molecule has 0 aromatic rings. The summed E-state index contributed by atoms with van der Waals surface area (Å²) in [5, 5.41) is 0. The van der Waals surface area contributed by atoms with Crippen molar-refractivity contribution < 1.29 is 3.79 Å². The summed E-state index contributed by atoms with van der Waals surface area (Å²) < 4.78 is 5.00. The van der Waals surface area contributed by atoms with E-state index in [2.05, 4.69) is 37.4 Å². The van der Waals surface area contributed by atoms with Crippen molar-refractivity contribution in [2.24, 2.45) is 0 Å². The molecule has 0 aromatic carbocycles. The molecule has 0 aromatic heterocycles. The second kappa shape index (κ2) is 2.72. The van der Waals surface area contributed by atoms with E-state index in [1.54, 1.807) is 0 Å². The van der Waals surface area contributed by atoms with E-state index in [-0.39, 0.29) is 5.60 Å². The van der Waals surface area contributed by atoms with Crippen LogP contribution in [0.25, 0.3) is 0 Å². The van der Waals surface area contributed by atoms with Crippen molar-refractivity contribution in [3.05, 3.63) is 0 Å². The van der Waals surface area contributed by atoms with Gasteiger partial charge in [-0.15, -0.1) is 0 Å². The van der Waals surface area contributed by atoms with Gasteiger partial charge in [-0.3, -0.25) is 0 Å². The Hall–Kier alpha value is 0.492. The fourth-order valence-corrected chi connectivity index (χ4v) is 0.250. The highest BCUT2D eigenvalue weighted by Crippen LogP contribution is 2.09. The summed E-state index contributed by atoms with van der Waals surface area (Å²) in [5.41, 5.74) is 0.0463. The van der Waals surface area contributed by atoms with Crippen molar-refractivity contribution in [3.8, 4) is 0 Å². The Balaban J connectivity index is 3.36.